The van der Waals surface area contributed by atoms with E-state index in [-0.39, 0.29) is 5.91 Å². The van der Waals surface area contributed by atoms with Crippen LogP contribution in [0.2, 0.25) is 0 Å². The van der Waals surface area contributed by atoms with Crippen molar-refractivity contribution in [1.82, 2.24) is 14.9 Å². The average molecular weight is 294 g/mol. The Morgan fingerprint density at radius 2 is 1.91 bits per heavy atom. The maximum absolute atomic E-state index is 12.6. The number of imidazole rings is 1. The number of hydrogen-bond acceptors (Lipinski definition) is 3. The molecule has 1 aromatic heterocycles. The SMILES string of the molecule is CN(Cc1nc2ccccc2[nH]1)C(=O)c1ccccc1CN. The fraction of sp³-hybridized carbons (Fsp3) is 0.176. The average Bonchev–Trinajstić information content (AvgIpc) is 2.96. The molecule has 0 bridgehead atoms. The third kappa shape index (κ3) is 2.71. The van der Waals surface area contributed by atoms with Crippen LogP contribution < -0.4 is 5.73 Å². The highest BCUT2D eigenvalue weighted by molar-refractivity contribution is 5.95. The van der Waals surface area contributed by atoms with Gasteiger partial charge in [0.05, 0.1) is 17.6 Å². The Kier molecular flexibility index (Phi) is 3.89. The lowest BCUT2D eigenvalue weighted by Crippen LogP contribution is -2.28. The Labute approximate surface area is 128 Å². The normalized spacial score (nSPS) is 10.8. The number of carbonyl (C=O) groups excluding carboxylic acids is 1. The van der Waals surface area contributed by atoms with Gasteiger partial charge in [-0.05, 0) is 23.8 Å². The highest BCUT2D eigenvalue weighted by Crippen LogP contribution is 2.14. The second-order valence-electron chi connectivity index (χ2n) is 5.22. The van der Waals surface area contributed by atoms with Crippen LogP contribution in [0.25, 0.3) is 11.0 Å². The minimum absolute atomic E-state index is 0.0542. The molecule has 0 atom stereocenters. The van der Waals surface area contributed by atoms with Gasteiger partial charge in [0.1, 0.15) is 5.82 Å². The van der Waals surface area contributed by atoms with Crippen molar-refractivity contribution in [2.24, 2.45) is 5.73 Å². The quantitative estimate of drug-likeness (QED) is 0.775. The number of benzene rings is 2. The van der Waals surface area contributed by atoms with Gasteiger partial charge >= 0.3 is 0 Å². The molecule has 0 aliphatic rings. The van der Waals surface area contributed by atoms with Crippen molar-refractivity contribution < 1.29 is 4.79 Å². The molecule has 3 aromatic rings. The molecule has 0 radical (unpaired) electrons. The topological polar surface area (TPSA) is 75.0 Å². The van der Waals surface area contributed by atoms with Crippen LogP contribution >= 0.6 is 0 Å². The van der Waals surface area contributed by atoms with Crippen LogP contribution in [0.3, 0.4) is 0 Å². The standard InChI is InChI=1S/C17H18N4O/c1-21(17(22)13-7-3-2-6-12(13)10-18)11-16-19-14-8-4-5-9-15(14)20-16/h2-9H,10-11,18H2,1H3,(H,19,20). The number of H-pyrrole nitrogens is 1. The second-order valence-corrected chi connectivity index (χ2v) is 5.22. The first kappa shape index (κ1) is 14.3. The van der Waals surface area contributed by atoms with Gasteiger partial charge in [-0.15, -0.1) is 0 Å². The molecule has 0 aliphatic heterocycles. The van der Waals surface area contributed by atoms with Crippen LogP contribution in [-0.2, 0) is 13.1 Å². The third-order valence-electron chi connectivity index (χ3n) is 3.64. The van der Waals surface area contributed by atoms with Crippen molar-refractivity contribution in [2.45, 2.75) is 13.1 Å². The molecule has 2 aromatic carbocycles. The summed E-state index contributed by atoms with van der Waals surface area (Å²) in [7, 11) is 1.77. The Morgan fingerprint density at radius 3 is 2.68 bits per heavy atom. The maximum Gasteiger partial charge on any atom is 0.254 e. The zero-order valence-electron chi connectivity index (χ0n) is 12.4. The molecular formula is C17H18N4O. The van der Waals surface area contributed by atoms with Gasteiger partial charge in [0.25, 0.3) is 5.91 Å². The summed E-state index contributed by atoms with van der Waals surface area (Å²) < 4.78 is 0. The third-order valence-corrected chi connectivity index (χ3v) is 3.64. The molecule has 0 saturated heterocycles. The number of nitrogens with one attached hydrogen (secondary N) is 1. The lowest BCUT2D eigenvalue weighted by Gasteiger charge is -2.17. The smallest absolute Gasteiger partial charge is 0.254 e. The van der Waals surface area contributed by atoms with Crippen LogP contribution in [0.1, 0.15) is 21.7 Å². The van der Waals surface area contributed by atoms with E-state index >= 15 is 0 Å². The Hall–Kier alpha value is -2.66. The number of aromatic nitrogens is 2. The van der Waals surface area contributed by atoms with E-state index in [0.29, 0.717) is 18.7 Å². The van der Waals surface area contributed by atoms with E-state index in [4.69, 9.17) is 5.73 Å². The number of nitrogens with zero attached hydrogens (tertiary/aromatic N) is 2. The molecule has 112 valence electrons. The molecule has 0 fully saturated rings. The molecule has 0 saturated carbocycles. The summed E-state index contributed by atoms with van der Waals surface area (Å²) in [5, 5.41) is 0. The minimum atomic E-state index is -0.0542. The van der Waals surface area contributed by atoms with Crippen LogP contribution in [0, 0.1) is 0 Å². The maximum atomic E-state index is 12.6. The zero-order chi connectivity index (χ0) is 15.5. The van der Waals surface area contributed by atoms with Gasteiger partial charge in [0.2, 0.25) is 0 Å². The van der Waals surface area contributed by atoms with Gasteiger partial charge in [0, 0.05) is 19.2 Å². The Balaban J connectivity index is 1.81. The van der Waals surface area contributed by atoms with Crippen LogP contribution in [-0.4, -0.2) is 27.8 Å². The number of amides is 1. The summed E-state index contributed by atoms with van der Waals surface area (Å²) in [5.74, 6) is 0.712. The number of hydrogen-bond donors (Lipinski definition) is 2. The fourth-order valence-corrected chi connectivity index (χ4v) is 2.49. The van der Waals surface area contributed by atoms with Gasteiger partial charge in [-0.2, -0.15) is 0 Å². The van der Waals surface area contributed by atoms with Crippen molar-refractivity contribution >= 4 is 16.9 Å². The summed E-state index contributed by atoms with van der Waals surface area (Å²) in [6, 6.07) is 15.2. The van der Waals surface area contributed by atoms with E-state index in [0.717, 1.165) is 22.4 Å². The van der Waals surface area contributed by atoms with Crippen LogP contribution in [0.5, 0.6) is 0 Å². The molecule has 0 spiro atoms. The predicted octanol–water partition coefficient (Wildman–Crippen LogP) is 2.29. The molecule has 3 N–H and O–H groups in total. The van der Waals surface area contributed by atoms with Crippen molar-refractivity contribution in [3.63, 3.8) is 0 Å². The van der Waals surface area contributed by atoms with Gasteiger partial charge in [0.15, 0.2) is 0 Å². The molecule has 3 rings (SSSR count). The molecule has 1 amide bonds. The summed E-state index contributed by atoms with van der Waals surface area (Å²) in [4.78, 5) is 21.9. The molecular weight excluding hydrogens is 276 g/mol. The Morgan fingerprint density at radius 1 is 1.18 bits per heavy atom. The van der Waals surface area contributed by atoms with Gasteiger partial charge < -0.3 is 15.6 Å². The van der Waals surface area contributed by atoms with Crippen molar-refractivity contribution in [1.29, 1.82) is 0 Å². The molecule has 0 aliphatic carbocycles. The highest BCUT2D eigenvalue weighted by Gasteiger charge is 2.16. The van der Waals surface area contributed by atoms with Crippen molar-refractivity contribution in [3.8, 4) is 0 Å². The number of rotatable bonds is 4. The van der Waals surface area contributed by atoms with Crippen LogP contribution in [0.15, 0.2) is 48.5 Å². The highest BCUT2D eigenvalue weighted by atomic mass is 16.2. The molecule has 1 heterocycles. The lowest BCUT2D eigenvalue weighted by atomic mass is 10.1. The molecule has 5 nitrogen and oxygen atoms in total. The van der Waals surface area contributed by atoms with E-state index in [2.05, 4.69) is 9.97 Å². The van der Waals surface area contributed by atoms with E-state index in [1.807, 2.05) is 42.5 Å². The number of fused-ring (bicyclic) bond motifs is 1. The lowest BCUT2D eigenvalue weighted by molar-refractivity contribution is 0.0781. The monoisotopic (exact) mass is 294 g/mol. The Bertz CT molecular complexity index is 776. The number of nitrogens with two attached hydrogens (primary N) is 1. The van der Waals surface area contributed by atoms with Gasteiger partial charge in [-0.1, -0.05) is 30.3 Å². The van der Waals surface area contributed by atoms with Crippen LogP contribution in [0.4, 0.5) is 0 Å². The molecule has 22 heavy (non-hydrogen) atoms. The first-order chi connectivity index (χ1) is 10.7. The molecule has 5 heteroatoms. The number of para-hydroxylation sites is 2. The first-order valence-corrected chi connectivity index (χ1v) is 7.16. The van der Waals surface area contributed by atoms with Crippen molar-refractivity contribution in [2.75, 3.05) is 7.05 Å². The van der Waals surface area contributed by atoms with E-state index < -0.39 is 0 Å². The van der Waals surface area contributed by atoms with E-state index in [1.54, 1.807) is 18.0 Å². The van der Waals surface area contributed by atoms with E-state index in [1.165, 1.54) is 0 Å². The summed E-state index contributed by atoms with van der Waals surface area (Å²) in [6.07, 6.45) is 0. The summed E-state index contributed by atoms with van der Waals surface area (Å²) >= 11 is 0. The zero-order valence-corrected chi connectivity index (χ0v) is 12.4. The van der Waals surface area contributed by atoms with Gasteiger partial charge in [-0.25, -0.2) is 4.98 Å². The van der Waals surface area contributed by atoms with E-state index in [9.17, 15) is 4.79 Å². The fourth-order valence-electron chi connectivity index (χ4n) is 2.49. The predicted molar refractivity (Wildman–Crippen MR) is 86.2 cm³/mol. The van der Waals surface area contributed by atoms with Crippen molar-refractivity contribution in [3.05, 3.63) is 65.5 Å². The van der Waals surface area contributed by atoms with Gasteiger partial charge in [-0.3, -0.25) is 4.79 Å². The largest absolute Gasteiger partial charge is 0.340 e. The second kappa shape index (κ2) is 5.99. The first-order valence-electron chi connectivity index (χ1n) is 7.16. The number of aromatic amines is 1. The summed E-state index contributed by atoms with van der Waals surface area (Å²) in [5.41, 5.74) is 9.07. The number of carbonyl (C=O) groups is 1. The minimum Gasteiger partial charge on any atom is -0.340 e. The molecule has 0 unspecified atom stereocenters. The summed E-state index contributed by atoms with van der Waals surface area (Å²) in [6.45, 7) is 0.771.